The average molecular weight is 473 g/mol. The van der Waals surface area contributed by atoms with Gasteiger partial charge in [-0.05, 0) is 60.6 Å². The van der Waals surface area contributed by atoms with Crippen LogP contribution in [0, 0.1) is 0 Å². The van der Waals surface area contributed by atoms with Gasteiger partial charge in [0, 0.05) is 6.54 Å². The van der Waals surface area contributed by atoms with E-state index in [2.05, 4.69) is 15.4 Å². The summed E-state index contributed by atoms with van der Waals surface area (Å²) in [5.41, 5.74) is 2.44. The number of nitrogens with zero attached hydrogens (tertiary/aromatic N) is 1. The number of amides is 4. The Labute approximate surface area is 195 Å². The quantitative estimate of drug-likeness (QED) is 0.575. The normalized spacial score (nSPS) is 19.3. The van der Waals surface area contributed by atoms with Crippen molar-refractivity contribution in [2.45, 2.75) is 44.9 Å². The van der Waals surface area contributed by atoms with Crippen molar-refractivity contribution in [3.63, 3.8) is 0 Å². The van der Waals surface area contributed by atoms with E-state index in [1.165, 1.54) is 36.4 Å². The van der Waals surface area contributed by atoms with Crippen LogP contribution in [0.1, 0.15) is 35.6 Å². The third-order valence-corrected chi connectivity index (χ3v) is 6.19. The smallest absolute Gasteiger partial charge is 0.387 e. The van der Waals surface area contributed by atoms with Crippen LogP contribution in [0.4, 0.5) is 13.6 Å². The maximum Gasteiger partial charge on any atom is 0.387 e. The Morgan fingerprint density at radius 2 is 1.91 bits per heavy atom. The number of carbonyl (C=O) groups excluding carboxylic acids is 3. The Bertz CT molecular complexity index is 1140. The first-order valence-corrected chi connectivity index (χ1v) is 10.9. The Morgan fingerprint density at radius 1 is 1.15 bits per heavy atom. The van der Waals surface area contributed by atoms with Crippen LogP contribution in [-0.2, 0) is 34.5 Å². The maximum absolute atomic E-state index is 13.1. The number of rotatable bonds is 8. The molecule has 1 heterocycles. The lowest BCUT2D eigenvalue weighted by atomic mass is 9.89. The third-order valence-electron chi connectivity index (χ3n) is 6.19. The Hall–Kier alpha value is -3.69. The van der Waals surface area contributed by atoms with Gasteiger partial charge in [-0.1, -0.05) is 24.3 Å². The van der Waals surface area contributed by atoms with Crippen LogP contribution in [0.5, 0.6) is 11.5 Å². The Balaban J connectivity index is 1.39. The molecule has 0 saturated carbocycles. The highest BCUT2D eigenvalue weighted by Gasteiger charge is 2.49. The lowest BCUT2D eigenvalue weighted by molar-refractivity contribution is -0.134. The van der Waals surface area contributed by atoms with Crippen molar-refractivity contribution >= 4 is 17.8 Å². The van der Waals surface area contributed by atoms with Gasteiger partial charge in [0.25, 0.3) is 5.91 Å². The van der Waals surface area contributed by atoms with E-state index in [4.69, 9.17) is 4.74 Å². The predicted molar refractivity (Wildman–Crippen MR) is 118 cm³/mol. The fraction of sp³-hybridized carbons (Fsp3) is 0.375. The number of methoxy groups -OCH3 is 1. The number of hydrogen-bond donors (Lipinski definition) is 2. The lowest BCUT2D eigenvalue weighted by Gasteiger charge is -2.23. The zero-order chi connectivity index (χ0) is 24.5. The van der Waals surface area contributed by atoms with E-state index in [0.717, 1.165) is 24.2 Å². The molecule has 2 aromatic carbocycles. The molecule has 180 valence electrons. The van der Waals surface area contributed by atoms with Gasteiger partial charge in [-0.25, -0.2) is 4.79 Å². The van der Waals surface area contributed by atoms with Crippen molar-refractivity contribution in [2.75, 3.05) is 13.7 Å². The zero-order valence-electron chi connectivity index (χ0n) is 18.8. The number of fused-ring (bicyclic) bond motifs is 1. The van der Waals surface area contributed by atoms with Gasteiger partial charge in [-0.2, -0.15) is 8.78 Å². The summed E-state index contributed by atoms with van der Waals surface area (Å²) in [5.74, 6) is -1.08. The fourth-order valence-electron chi connectivity index (χ4n) is 4.33. The van der Waals surface area contributed by atoms with Crippen LogP contribution in [-0.4, -0.2) is 43.0 Å². The molecule has 0 bridgehead atoms. The van der Waals surface area contributed by atoms with Crippen LogP contribution in [0.2, 0.25) is 0 Å². The number of benzene rings is 2. The molecular weight excluding hydrogens is 448 g/mol. The van der Waals surface area contributed by atoms with Crippen molar-refractivity contribution in [1.82, 2.24) is 15.5 Å². The minimum Gasteiger partial charge on any atom is -0.493 e. The summed E-state index contributed by atoms with van der Waals surface area (Å²) in [4.78, 5) is 39.1. The van der Waals surface area contributed by atoms with Gasteiger partial charge in [0.2, 0.25) is 5.91 Å². The van der Waals surface area contributed by atoms with E-state index in [1.807, 2.05) is 18.2 Å². The van der Waals surface area contributed by atoms with E-state index in [-0.39, 0.29) is 18.0 Å². The highest BCUT2D eigenvalue weighted by molar-refractivity contribution is 6.09. The van der Waals surface area contributed by atoms with Crippen molar-refractivity contribution in [3.8, 4) is 11.5 Å². The number of hydrogen-bond acceptors (Lipinski definition) is 5. The molecule has 1 atom stereocenters. The molecule has 8 nitrogen and oxygen atoms in total. The van der Waals surface area contributed by atoms with E-state index in [0.29, 0.717) is 11.1 Å². The van der Waals surface area contributed by atoms with Crippen molar-refractivity contribution in [1.29, 1.82) is 0 Å². The molecule has 1 unspecified atom stereocenters. The second kappa shape index (κ2) is 9.28. The fourth-order valence-corrected chi connectivity index (χ4v) is 4.33. The average Bonchev–Trinajstić information content (AvgIpc) is 3.36. The highest BCUT2D eigenvalue weighted by Crippen LogP contribution is 2.33. The van der Waals surface area contributed by atoms with E-state index in [9.17, 15) is 23.2 Å². The van der Waals surface area contributed by atoms with E-state index >= 15 is 0 Å². The lowest BCUT2D eigenvalue weighted by Crippen LogP contribution is -2.43. The van der Waals surface area contributed by atoms with Gasteiger partial charge in [-0.15, -0.1) is 0 Å². The van der Waals surface area contributed by atoms with E-state index < -0.39 is 36.5 Å². The van der Waals surface area contributed by atoms with Crippen molar-refractivity contribution in [3.05, 3.63) is 58.7 Å². The van der Waals surface area contributed by atoms with Crippen molar-refractivity contribution in [2.24, 2.45) is 0 Å². The number of carbonyl (C=O) groups is 3. The summed E-state index contributed by atoms with van der Waals surface area (Å²) in [6, 6.07) is 9.42. The molecule has 10 heteroatoms. The molecule has 4 rings (SSSR count). The molecule has 34 heavy (non-hydrogen) atoms. The minimum atomic E-state index is -2.99. The summed E-state index contributed by atoms with van der Waals surface area (Å²) in [6.45, 7) is -1.77. The third kappa shape index (κ3) is 4.52. The Kier molecular flexibility index (Phi) is 6.41. The standard InChI is InChI=1S/C24H25F2N3O5/c1-24(17-8-7-15-4-3-5-16(15)11-17)21(31)29(23(32)28-24)13-20(30)27-12-14-6-9-18(34-22(25)26)19(10-14)33-2/h6-11,22H,3-5,12-13H2,1-2H3,(H,27,30)(H,28,32). The maximum atomic E-state index is 13.1. The molecule has 1 saturated heterocycles. The molecule has 1 aliphatic heterocycles. The van der Waals surface area contributed by atoms with Gasteiger partial charge in [0.15, 0.2) is 11.5 Å². The summed E-state index contributed by atoms with van der Waals surface area (Å²) in [6.07, 6.45) is 3.01. The Morgan fingerprint density at radius 3 is 2.65 bits per heavy atom. The molecule has 4 amide bonds. The number of aryl methyl sites for hydroxylation is 2. The first kappa shape index (κ1) is 23.5. The van der Waals surface area contributed by atoms with Gasteiger partial charge >= 0.3 is 12.6 Å². The second-order valence-electron chi connectivity index (χ2n) is 8.42. The molecule has 0 aromatic heterocycles. The molecule has 2 aliphatic rings. The summed E-state index contributed by atoms with van der Waals surface area (Å²) >= 11 is 0. The summed E-state index contributed by atoms with van der Waals surface area (Å²) in [5, 5.41) is 5.34. The number of ether oxygens (including phenoxy) is 2. The number of urea groups is 1. The molecule has 2 N–H and O–H groups in total. The number of nitrogens with one attached hydrogen (secondary N) is 2. The van der Waals surface area contributed by atoms with Gasteiger partial charge in [-0.3, -0.25) is 14.5 Å². The zero-order valence-corrected chi connectivity index (χ0v) is 18.8. The minimum absolute atomic E-state index is 0.0376. The molecular formula is C24H25F2N3O5. The number of halogens is 2. The van der Waals surface area contributed by atoms with Crippen LogP contribution >= 0.6 is 0 Å². The molecule has 1 aliphatic carbocycles. The molecule has 1 fully saturated rings. The predicted octanol–water partition coefficient (Wildman–Crippen LogP) is 2.87. The van der Waals surface area contributed by atoms with Crippen LogP contribution in [0.3, 0.4) is 0 Å². The molecule has 2 aromatic rings. The highest BCUT2D eigenvalue weighted by atomic mass is 19.3. The monoisotopic (exact) mass is 473 g/mol. The number of alkyl halides is 2. The second-order valence-corrected chi connectivity index (χ2v) is 8.42. The van der Waals surface area contributed by atoms with Crippen LogP contribution < -0.4 is 20.1 Å². The van der Waals surface area contributed by atoms with Gasteiger partial charge in [0.05, 0.1) is 7.11 Å². The van der Waals surface area contributed by atoms with Crippen LogP contribution in [0.15, 0.2) is 36.4 Å². The first-order valence-electron chi connectivity index (χ1n) is 10.9. The largest absolute Gasteiger partial charge is 0.493 e. The topological polar surface area (TPSA) is 97.0 Å². The summed E-state index contributed by atoms with van der Waals surface area (Å²) < 4.78 is 34.4. The van der Waals surface area contributed by atoms with Gasteiger partial charge < -0.3 is 20.1 Å². The summed E-state index contributed by atoms with van der Waals surface area (Å²) in [7, 11) is 1.31. The van der Waals surface area contributed by atoms with E-state index in [1.54, 1.807) is 6.92 Å². The van der Waals surface area contributed by atoms with Crippen LogP contribution in [0.25, 0.3) is 0 Å². The molecule has 0 radical (unpaired) electrons. The van der Waals surface area contributed by atoms with Crippen molar-refractivity contribution < 1.29 is 32.6 Å². The number of imide groups is 1. The first-order chi connectivity index (χ1) is 16.2. The molecule has 0 spiro atoms. The van der Waals surface area contributed by atoms with Gasteiger partial charge in [0.1, 0.15) is 12.1 Å². The SMILES string of the molecule is COc1cc(CNC(=O)CN2C(=O)NC(C)(c3ccc4c(c3)CCC4)C2=O)ccc1OC(F)F.